The van der Waals surface area contributed by atoms with E-state index in [4.69, 9.17) is 9.88 Å². The van der Waals surface area contributed by atoms with Crippen molar-refractivity contribution in [2.45, 2.75) is 25.0 Å². The SMILES string of the molecule is CCOc1ccc(C(=O)c2ccc(CC(C)(c3ccccc3)S(N)(=O)=O)[nH]2)cc1. The second-order valence-electron chi connectivity index (χ2n) is 7.00. The van der Waals surface area contributed by atoms with E-state index in [-0.39, 0.29) is 12.2 Å². The summed E-state index contributed by atoms with van der Waals surface area (Å²) in [4.78, 5) is 15.8. The maximum absolute atomic E-state index is 12.7. The molecule has 29 heavy (non-hydrogen) atoms. The van der Waals surface area contributed by atoms with Gasteiger partial charge in [0.1, 0.15) is 10.5 Å². The number of ether oxygens (including phenoxy) is 1. The Labute approximate surface area is 170 Å². The number of aromatic nitrogens is 1. The first-order chi connectivity index (χ1) is 13.7. The third-order valence-electron chi connectivity index (χ3n) is 4.96. The van der Waals surface area contributed by atoms with Crippen molar-refractivity contribution in [2.75, 3.05) is 6.61 Å². The lowest BCUT2D eigenvalue weighted by molar-refractivity contribution is 0.103. The molecule has 2 aromatic carbocycles. The van der Waals surface area contributed by atoms with Gasteiger partial charge in [0.25, 0.3) is 0 Å². The zero-order valence-electron chi connectivity index (χ0n) is 16.4. The minimum Gasteiger partial charge on any atom is -0.494 e. The van der Waals surface area contributed by atoms with Crippen LogP contribution in [0, 0.1) is 0 Å². The van der Waals surface area contributed by atoms with E-state index in [0.717, 1.165) is 0 Å². The van der Waals surface area contributed by atoms with Crippen LogP contribution in [0.3, 0.4) is 0 Å². The molecule has 0 bridgehead atoms. The Bertz CT molecular complexity index is 1090. The van der Waals surface area contributed by atoms with Gasteiger partial charge in [-0.2, -0.15) is 0 Å². The van der Waals surface area contributed by atoms with Crippen LogP contribution in [0.5, 0.6) is 5.75 Å². The zero-order chi connectivity index (χ0) is 21.1. The largest absolute Gasteiger partial charge is 0.494 e. The molecule has 0 spiro atoms. The number of benzene rings is 2. The lowest BCUT2D eigenvalue weighted by atomic mass is 9.95. The van der Waals surface area contributed by atoms with Crippen LogP contribution < -0.4 is 9.88 Å². The molecule has 1 unspecified atom stereocenters. The predicted octanol–water partition coefficient (Wildman–Crippen LogP) is 3.39. The number of aromatic amines is 1. The Balaban J connectivity index is 1.86. The van der Waals surface area contributed by atoms with Crippen LogP contribution in [-0.4, -0.2) is 25.8 Å². The van der Waals surface area contributed by atoms with E-state index in [0.29, 0.717) is 34.9 Å². The van der Waals surface area contributed by atoms with E-state index in [1.165, 1.54) is 0 Å². The lowest BCUT2D eigenvalue weighted by Crippen LogP contribution is -2.40. The zero-order valence-corrected chi connectivity index (χ0v) is 17.2. The van der Waals surface area contributed by atoms with E-state index in [1.54, 1.807) is 67.6 Å². The summed E-state index contributed by atoms with van der Waals surface area (Å²) in [7, 11) is -3.91. The van der Waals surface area contributed by atoms with Gasteiger partial charge < -0.3 is 9.72 Å². The molecule has 0 aliphatic carbocycles. The maximum Gasteiger partial charge on any atom is 0.219 e. The monoisotopic (exact) mass is 412 g/mol. The second-order valence-corrected chi connectivity index (χ2v) is 8.99. The molecule has 0 aliphatic heterocycles. The highest BCUT2D eigenvalue weighted by Crippen LogP contribution is 2.32. The molecule has 0 fully saturated rings. The molecule has 6 nitrogen and oxygen atoms in total. The van der Waals surface area contributed by atoms with Crippen LogP contribution in [0.2, 0.25) is 0 Å². The van der Waals surface area contributed by atoms with E-state index in [2.05, 4.69) is 4.98 Å². The number of nitrogens with two attached hydrogens (primary N) is 1. The highest BCUT2D eigenvalue weighted by atomic mass is 32.2. The Hall–Kier alpha value is -2.90. The number of hydrogen-bond acceptors (Lipinski definition) is 4. The van der Waals surface area contributed by atoms with Crippen molar-refractivity contribution < 1.29 is 17.9 Å². The van der Waals surface area contributed by atoms with Crippen molar-refractivity contribution in [3.63, 3.8) is 0 Å². The summed E-state index contributed by atoms with van der Waals surface area (Å²) in [5, 5.41) is 5.57. The van der Waals surface area contributed by atoms with Gasteiger partial charge in [-0.25, -0.2) is 13.6 Å². The quantitative estimate of drug-likeness (QED) is 0.554. The lowest BCUT2D eigenvalue weighted by Gasteiger charge is -2.27. The van der Waals surface area contributed by atoms with Crippen molar-refractivity contribution in [3.05, 3.63) is 89.2 Å². The van der Waals surface area contributed by atoms with E-state index >= 15 is 0 Å². The topological polar surface area (TPSA) is 102 Å². The van der Waals surface area contributed by atoms with Crippen molar-refractivity contribution in [1.29, 1.82) is 0 Å². The molecule has 0 saturated carbocycles. The first-order valence-electron chi connectivity index (χ1n) is 9.28. The van der Waals surface area contributed by atoms with Crippen molar-refractivity contribution in [3.8, 4) is 5.75 Å². The number of carbonyl (C=O) groups excluding carboxylic acids is 1. The summed E-state index contributed by atoms with van der Waals surface area (Å²) in [5.74, 6) is 0.513. The van der Waals surface area contributed by atoms with Gasteiger partial charge in [0.15, 0.2) is 0 Å². The van der Waals surface area contributed by atoms with Gasteiger partial charge in [-0.3, -0.25) is 4.79 Å². The first kappa shape index (κ1) is 20.8. The number of primary sulfonamides is 1. The fourth-order valence-electron chi connectivity index (χ4n) is 3.22. The third-order valence-corrected chi connectivity index (χ3v) is 6.59. The van der Waals surface area contributed by atoms with E-state index < -0.39 is 14.8 Å². The Morgan fingerprint density at radius 1 is 1.03 bits per heavy atom. The van der Waals surface area contributed by atoms with Gasteiger partial charge in [-0.05, 0) is 55.8 Å². The molecule has 152 valence electrons. The number of H-pyrrole nitrogens is 1. The number of rotatable bonds is 8. The average Bonchev–Trinajstić information content (AvgIpc) is 3.16. The fraction of sp³-hybridized carbons (Fsp3) is 0.227. The molecular weight excluding hydrogens is 388 g/mol. The Morgan fingerprint density at radius 2 is 1.69 bits per heavy atom. The molecule has 3 aromatic rings. The van der Waals surface area contributed by atoms with Gasteiger partial charge in [0.2, 0.25) is 15.8 Å². The van der Waals surface area contributed by atoms with Gasteiger partial charge in [0.05, 0.1) is 12.3 Å². The minimum atomic E-state index is -3.91. The first-order valence-corrected chi connectivity index (χ1v) is 10.8. The molecule has 0 radical (unpaired) electrons. The number of ketones is 1. The molecule has 1 heterocycles. The third kappa shape index (κ3) is 4.41. The predicted molar refractivity (Wildman–Crippen MR) is 112 cm³/mol. The van der Waals surface area contributed by atoms with Crippen LogP contribution >= 0.6 is 0 Å². The van der Waals surface area contributed by atoms with Crippen molar-refractivity contribution >= 4 is 15.8 Å². The minimum absolute atomic E-state index is 0.117. The van der Waals surface area contributed by atoms with Crippen LogP contribution in [-0.2, 0) is 21.2 Å². The van der Waals surface area contributed by atoms with Crippen LogP contribution in [0.4, 0.5) is 0 Å². The summed E-state index contributed by atoms with van der Waals surface area (Å²) in [5.41, 5.74) is 2.10. The van der Waals surface area contributed by atoms with Crippen LogP contribution in [0.25, 0.3) is 0 Å². The van der Waals surface area contributed by atoms with E-state index in [1.807, 2.05) is 13.0 Å². The van der Waals surface area contributed by atoms with Gasteiger partial charge >= 0.3 is 0 Å². The second kappa shape index (κ2) is 8.23. The highest BCUT2D eigenvalue weighted by molar-refractivity contribution is 7.90. The highest BCUT2D eigenvalue weighted by Gasteiger charge is 2.39. The van der Waals surface area contributed by atoms with E-state index in [9.17, 15) is 13.2 Å². The van der Waals surface area contributed by atoms with Gasteiger partial charge in [-0.1, -0.05) is 30.3 Å². The van der Waals surface area contributed by atoms with Crippen molar-refractivity contribution in [1.82, 2.24) is 4.98 Å². The average molecular weight is 413 g/mol. The standard InChI is InChI=1S/C22H24N2O4S/c1-3-28-19-12-9-16(10-13-19)21(25)20-14-11-18(24-20)15-22(2,29(23,26)27)17-7-5-4-6-8-17/h4-14,24H,3,15H2,1-2H3,(H2,23,26,27). The maximum atomic E-state index is 12.7. The molecule has 0 aliphatic rings. The van der Waals surface area contributed by atoms with Gasteiger partial charge in [0, 0.05) is 17.7 Å². The molecule has 7 heteroatoms. The Morgan fingerprint density at radius 3 is 2.28 bits per heavy atom. The summed E-state index contributed by atoms with van der Waals surface area (Å²) < 4.78 is 28.9. The van der Waals surface area contributed by atoms with Crippen LogP contribution in [0.15, 0.2) is 66.7 Å². The molecule has 1 atom stereocenters. The number of nitrogens with one attached hydrogen (secondary N) is 1. The van der Waals surface area contributed by atoms with Crippen molar-refractivity contribution in [2.24, 2.45) is 5.14 Å². The molecule has 3 N–H and O–H groups in total. The molecule has 0 amide bonds. The smallest absolute Gasteiger partial charge is 0.219 e. The number of carbonyl (C=O) groups is 1. The molecule has 0 saturated heterocycles. The molecule has 1 aromatic heterocycles. The summed E-state index contributed by atoms with van der Waals surface area (Å²) >= 11 is 0. The summed E-state index contributed by atoms with van der Waals surface area (Å²) in [6.07, 6.45) is 0.117. The molecular formula is C22H24N2O4S. The van der Waals surface area contributed by atoms with Gasteiger partial charge in [-0.15, -0.1) is 0 Å². The summed E-state index contributed by atoms with van der Waals surface area (Å²) in [6, 6.07) is 19.1. The summed E-state index contributed by atoms with van der Waals surface area (Å²) in [6.45, 7) is 4.04. The number of sulfonamides is 1. The molecule has 3 rings (SSSR count). The van der Waals surface area contributed by atoms with Crippen LogP contribution in [0.1, 0.15) is 41.2 Å². The Kier molecular flexibility index (Phi) is 5.91. The fourth-order valence-corrected chi connectivity index (χ4v) is 4.04. The normalized spacial score (nSPS) is 13.6. The number of hydrogen-bond donors (Lipinski definition) is 2.